The number of esters is 1. The summed E-state index contributed by atoms with van der Waals surface area (Å²) >= 11 is 0. The van der Waals surface area contributed by atoms with Gasteiger partial charge >= 0.3 is 12.1 Å². The van der Waals surface area contributed by atoms with E-state index in [9.17, 15) is 49.2 Å². The highest BCUT2D eigenvalue weighted by atomic mass is 16.7. The van der Waals surface area contributed by atoms with Gasteiger partial charge in [-0.1, -0.05) is 26.2 Å². The van der Waals surface area contributed by atoms with Gasteiger partial charge in [-0.3, -0.25) is 33.8 Å². The number of anilines is 2. The number of nitrogens with two attached hydrogens (primary N) is 1. The van der Waals surface area contributed by atoms with Crippen molar-refractivity contribution in [3.05, 3.63) is 34.1 Å². The molecule has 0 heterocycles. The maximum Gasteiger partial charge on any atom is 0.413 e. The van der Waals surface area contributed by atoms with Gasteiger partial charge in [-0.25, -0.2) is 4.79 Å². The van der Waals surface area contributed by atoms with Gasteiger partial charge in [-0.05, 0) is 63.7 Å². The maximum atomic E-state index is 14.2. The van der Waals surface area contributed by atoms with Gasteiger partial charge in [-0.2, -0.15) is 0 Å². The van der Waals surface area contributed by atoms with Crippen LogP contribution in [0.2, 0.25) is 0 Å². The first kappa shape index (κ1) is 40.0. The van der Waals surface area contributed by atoms with E-state index in [4.69, 9.17) is 15.2 Å². The number of aliphatic hydroxyl groups excluding tert-OH is 2. The van der Waals surface area contributed by atoms with Gasteiger partial charge in [0, 0.05) is 37.8 Å². The number of phenolic OH excluding ortho intramolecular Hbond substituents is 1. The molecule has 4 atom stereocenters. The van der Waals surface area contributed by atoms with Crippen LogP contribution in [0.3, 0.4) is 0 Å². The molecule has 0 aliphatic heterocycles. The quantitative estimate of drug-likeness (QED) is 0.0817. The van der Waals surface area contributed by atoms with Gasteiger partial charge in [0.25, 0.3) is 5.91 Å². The molecule has 54 heavy (non-hydrogen) atoms. The summed E-state index contributed by atoms with van der Waals surface area (Å²) in [5.41, 5.74) is 1.81. The van der Waals surface area contributed by atoms with E-state index in [0.717, 1.165) is 24.2 Å². The van der Waals surface area contributed by atoms with Crippen LogP contribution in [0.4, 0.5) is 16.2 Å². The summed E-state index contributed by atoms with van der Waals surface area (Å²) in [6.07, 6.45) is 3.86. The fourth-order valence-electron chi connectivity index (χ4n) is 8.34. The number of ether oxygens (including phenoxy) is 2. The number of benzene rings is 1. The van der Waals surface area contributed by atoms with Crippen molar-refractivity contribution >= 4 is 52.6 Å². The number of aliphatic hydroxyl groups is 3. The van der Waals surface area contributed by atoms with E-state index in [1.807, 2.05) is 0 Å². The second-order valence-electron chi connectivity index (χ2n) is 14.8. The number of hydrogen-bond acceptors (Lipinski definition) is 14. The molecule has 17 heteroatoms. The Balaban J connectivity index is 1.43. The summed E-state index contributed by atoms with van der Waals surface area (Å²) in [4.78, 5) is 82.7. The molecule has 4 aliphatic carbocycles. The number of ketones is 2. The number of likely N-dealkylation sites (N-methyl/N-ethyl adjacent to an activating group) is 1. The van der Waals surface area contributed by atoms with Crippen LogP contribution >= 0.6 is 0 Å². The third-order valence-corrected chi connectivity index (χ3v) is 10.9. The molecule has 1 aromatic rings. The van der Waals surface area contributed by atoms with Gasteiger partial charge in [0.2, 0.25) is 18.5 Å². The zero-order valence-electron chi connectivity index (χ0n) is 31.1. The molecule has 17 nitrogen and oxygen atoms in total. The lowest BCUT2D eigenvalue weighted by Crippen LogP contribution is -2.65. The Morgan fingerprint density at radius 1 is 1.02 bits per heavy atom. The van der Waals surface area contributed by atoms with Crippen molar-refractivity contribution in [1.29, 1.82) is 0 Å². The second-order valence-corrected chi connectivity index (χ2v) is 14.8. The number of carbonyl (C=O) groups excluding carboxylic acids is 6. The molecule has 2 fully saturated rings. The van der Waals surface area contributed by atoms with Crippen molar-refractivity contribution in [3.63, 3.8) is 0 Å². The molecule has 0 spiro atoms. The molecule has 2 unspecified atom stereocenters. The van der Waals surface area contributed by atoms with Gasteiger partial charge in [0.05, 0.1) is 23.2 Å². The Hall–Kier alpha value is -5.16. The maximum absolute atomic E-state index is 14.2. The van der Waals surface area contributed by atoms with Crippen LogP contribution in [0.15, 0.2) is 23.0 Å². The molecule has 0 saturated heterocycles. The van der Waals surface area contributed by atoms with Crippen LogP contribution in [0.25, 0.3) is 5.76 Å². The SMILES string of the molecule is CCCN(CC(=O)Nc1cc(N(C)C)c2c(c1O)C(O)=C1C(=O)[C@]3(O)C(O)=C(C(N)=O)C(=O)[C@@H](N(C)C)C3CC1C2)C(=O)OCOC(=O)C1CCCCC1. The Kier molecular flexibility index (Phi) is 11.6. The number of nitrogens with one attached hydrogen (secondary N) is 1. The van der Waals surface area contributed by atoms with Crippen LogP contribution < -0.4 is 16.0 Å². The molecule has 1 aromatic carbocycles. The van der Waals surface area contributed by atoms with Gasteiger partial charge in [0.1, 0.15) is 29.4 Å². The minimum atomic E-state index is -2.80. The summed E-state index contributed by atoms with van der Waals surface area (Å²) in [5.74, 6) is -9.33. The van der Waals surface area contributed by atoms with Gasteiger partial charge in [-0.15, -0.1) is 0 Å². The standard InChI is InChI=1S/C37H49N5O12/c1-6-12-42(36(51)54-17-53-35(50)18-10-8-7-9-11-18)16-24(43)39-22-15-23(40(2)3)20-13-19-14-21-28(41(4)5)31(46)27(34(38)49)33(48)37(21,52)32(47)25(19)30(45)26(20)29(22)44/h15,18-19,21,28,44-45,48,52H,6-14,16-17H2,1-5H3,(H2,38,49)(H,39,43)/t19?,21?,28-,37-/m0/s1. The van der Waals surface area contributed by atoms with E-state index in [-0.39, 0.29) is 42.1 Å². The summed E-state index contributed by atoms with van der Waals surface area (Å²) in [5, 5.41) is 48.9. The first-order valence-corrected chi connectivity index (χ1v) is 18.0. The van der Waals surface area contributed by atoms with Crippen LogP contribution in [-0.2, 0) is 39.9 Å². The van der Waals surface area contributed by atoms with Crippen molar-refractivity contribution < 1.29 is 58.7 Å². The van der Waals surface area contributed by atoms with Crippen molar-refractivity contribution in [2.24, 2.45) is 23.5 Å². The largest absolute Gasteiger partial charge is 0.508 e. The topological polar surface area (TPSA) is 250 Å². The molecule has 2 saturated carbocycles. The van der Waals surface area contributed by atoms with Crippen molar-refractivity contribution in [3.8, 4) is 5.75 Å². The molecular formula is C37H49N5O12. The molecule has 0 aromatic heterocycles. The Morgan fingerprint density at radius 2 is 1.69 bits per heavy atom. The normalized spacial score (nSPS) is 24.0. The number of rotatable bonds is 11. The molecule has 0 radical (unpaired) electrons. The molecular weight excluding hydrogens is 706 g/mol. The monoisotopic (exact) mass is 755 g/mol. The fourth-order valence-corrected chi connectivity index (χ4v) is 8.34. The lowest BCUT2D eigenvalue weighted by atomic mass is 9.57. The lowest BCUT2D eigenvalue weighted by molar-refractivity contribution is -0.158. The first-order valence-electron chi connectivity index (χ1n) is 18.0. The number of Topliss-reactive ketones (excluding diaryl/α,β-unsaturated/α-hetero) is 2. The van der Waals surface area contributed by atoms with Crippen LogP contribution in [0.1, 0.15) is 63.0 Å². The average molecular weight is 756 g/mol. The third-order valence-electron chi connectivity index (χ3n) is 10.9. The number of hydrogen-bond donors (Lipinski definition) is 6. The predicted molar refractivity (Wildman–Crippen MR) is 193 cm³/mol. The molecule has 7 N–H and O–H groups in total. The summed E-state index contributed by atoms with van der Waals surface area (Å²) in [7, 11) is 6.42. The Labute approximate surface area is 312 Å². The first-order chi connectivity index (χ1) is 25.4. The van der Waals surface area contributed by atoms with E-state index in [1.54, 1.807) is 25.9 Å². The van der Waals surface area contributed by atoms with E-state index in [0.29, 0.717) is 30.5 Å². The average Bonchev–Trinajstić information content (AvgIpc) is 3.10. The minimum Gasteiger partial charge on any atom is -0.508 e. The number of nitrogens with zero attached hydrogens (tertiary/aromatic N) is 3. The molecule has 5 rings (SSSR count). The molecule has 4 aliphatic rings. The zero-order chi connectivity index (χ0) is 39.8. The highest BCUT2D eigenvalue weighted by Crippen LogP contribution is 2.54. The highest BCUT2D eigenvalue weighted by Gasteiger charge is 2.64. The van der Waals surface area contributed by atoms with Crippen LogP contribution in [0, 0.1) is 17.8 Å². The van der Waals surface area contributed by atoms with Crippen molar-refractivity contribution in [2.45, 2.75) is 69.9 Å². The number of amides is 3. The number of phenols is 1. The summed E-state index contributed by atoms with van der Waals surface area (Å²) in [6, 6.07) is 0.252. The fraction of sp³-hybridized carbons (Fsp3) is 0.568. The lowest BCUT2D eigenvalue weighted by Gasteiger charge is -2.50. The van der Waals surface area contributed by atoms with Crippen molar-refractivity contribution in [2.75, 3.05) is 58.3 Å². The molecule has 0 bridgehead atoms. The van der Waals surface area contributed by atoms with Crippen molar-refractivity contribution in [1.82, 2.24) is 9.80 Å². The minimum absolute atomic E-state index is 0.0469. The summed E-state index contributed by atoms with van der Waals surface area (Å²) in [6.45, 7) is 0.769. The van der Waals surface area contributed by atoms with Crippen LogP contribution in [-0.4, -0.2) is 125 Å². The predicted octanol–water partition coefficient (Wildman–Crippen LogP) is 1.90. The van der Waals surface area contributed by atoms with E-state index >= 15 is 0 Å². The summed E-state index contributed by atoms with van der Waals surface area (Å²) < 4.78 is 10.3. The molecule has 294 valence electrons. The number of primary amides is 1. The van der Waals surface area contributed by atoms with Gasteiger partial charge < -0.3 is 45.9 Å². The van der Waals surface area contributed by atoms with E-state index in [1.165, 1.54) is 25.1 Å². The third kappa shape index (κ3) is 7.09. The second kappa shape index (κ2) is 15.7. The van der Waals surface area contributed by atoms with E-state index in [2.05, 4.69) is 5.32 Å². The Morgan fingerprint density at radius 3 is 2.28 bits per heavy atom. The van der Waals surface area contributed by atoms with Gasteiger partial charge in [0.15, 0.2) is 11.4 Å². The number of carbonyl (C=O) groups is 6. The zero-order valence-corrected chi connectivity index (χ0v) is 31.1. The molecule has 3 amide bonds. The number of aromatic hydroxyl groups is 1. The highest BCUT2D eigenvalue weighted by molar-refractivity contribution is 6.24. The van der Waals surface area contributed by atoms with E-state index < -0.39 is 95.1 Å². The smallest absolute Gasteiger partial charge is 0.413 e. The Bertz CT molecular complexity index is 1810. The van der Waals surface area contributed by atoms with Crippen LogP contribution in [0.5, 0.6) is 5.75 Å². The number of fused-ring (bicyclic) bond motifs is 3.